The molecule has 31 heavy (non-hydrogen) atoms. The number of carbonyl (C=O) groups excluding carboxylic acids is 1. The van der Waals surface area contributed by atoms with Gasteiger partial charge in [0.1, 0.15) is 11.9 Å². The van der Waals surface area contributed by atoms with E-state index in [0.717, 1.165) is 18.8 Å². The third kappa shape index (κ3) is 4.60. The van der Waals surface area contributed by atoms with Gasteiger partial charge >= 0.3 is 0 Å². The highest BCUT2D eigenvalue weighted by atomic mass is 16.5. The fraction of sp³-hybridized carbons (Fsp3) is 0.231. The van der Waals surface area contributed by atoms with Crippen LogP contribution in [0.3, 0.4) is 0 Å². The molecule has 1 aliphatic rings. The van der Waals surface area contributed by atoms with E-state index in [1.165, 1.54) is 5.56 Å². The largest absolute Gasteiger partial charge is 0.486 e. The number of hydrogen-bond donors (Lipinski definition) is 1. The van der Waals surface area contributed by atoms with Gasteiger partial charge in [0, 0.05) is 16.7 Å². The van der Waals surface area contributed by atoms with Gasteiger partial charge in [-0.1, -0.05) is 37.3 Å². The van der Waals surface area contributed by atoms with Crippen molar-refractivity contribution in [1.29, 1.82) is 5.26 Å². The van der Waals surface area contributed by atoms with E-state index in [1.54, 1.807) is 42.5 Å². The van der Waals surface area contributed by atoms with E-state index in [0.29, 0.717) is 22.6 Å². The van der Waals surface area contributed by atoms with Crippen LogP contribution in [-0.2, 0) is 10.2 Å². The maximum Gasteiger partial charge on any atom is 0.255 e. The molecule has 1 heterocycles. The second kappa shape index (κ2) is 8.63. The van der Waals surface area contributed by atoms with Crippen molar-refractivity contribution in [3.8, 4) is 11.8 Å². The maximum atomic E-state index is 12.6. The molecule has 0 aliphatic carbocycles. The molecule has 1 aliphatic heterocycles. The SMILES string of the molecule is CC(Oc1cccc(C(=O)Nc2ccc(C#N)cc2)c1)c1ccc(C2(C)COC2)cc1. The zero-order valence-corrected chi connectivity index (χ0v) is 17.6. The number of nitriles is 1. The molecule has 0 radical (unpaired) electrons. The fourth-order valence-electron chi connectivity index (χ4n) is 3.55. The molecule has 3 aromatic carbocycles. The Balaban J connectivity index is 1.41. The van der Waals surface area contributed by atoms with Crippen molar-refractivity contribution in [2.45, 2.75) is 25.4 Å². The van der Waals surface area contributed by atoms with Crippen LogP contribution in [0.15, 0.2) is 72.8 Å². The van der Waals surface area contributed by atoms with Gasteiger partial charge in [0.15, 0.2) is 0 Å². The second-order valence-corrected chi connectivity index (χ2v) is 8.11. The van der Waals surface area contributed by atoms with E-state index in [9.17, 15) is 4.79 Å². The van der Waals surface area contributed by atoms with E-state index in [2.05, 4.69) is 42.6 Å². The van der Waals surface area contributed by atoms with Gasteiger partial charge in [-0.3, -0.25) is 4.79 Å². The zero-order chi connectivity index (χ0) is 21.8. The molecular weight excluding hydrogens is 388 g/mol. The molecule has 156 valence electrons. The molecular formula is C26H24N2O3. The molecule has 1 atom stereocenters. The molecule has 1 amide bonds. The van der Waals surface area contributed by atoms with Crippen molar-refractivity contribution < 1.29 is 14.3 Å². The van der Waals surface area contributed by atoms with E-state index in [-0.39, 0.29) is 17.4 Å². The van der Waals surface area contributed by atoms with E-state index in [1.807, 2.05) is 13.0 Å². The van der Waals surface area contributed by atoms with Crippen LogP contribution >= 0.6 is 0 Å². The van der Waals surface area contributed by atoms with Gasteiger partial charge in [-0.05, 0) is 60.5 Å². The first kappa shape index (κ1) is 20.6. The third-order valence-electron chi connectivity index (χ3n) is 5.60. The monoisotopic (exact) mass is 412 g/mol. The number of ether oxygens (including phenoxy) is 2. The van der Waals surface area contributed by atoms with Crippen LogP contribution in [0, 0.1) is 11.3 Å². The lowest BCUT2D eigenvalue weighted by Gasteiger charge is -2.38. The van der Waals surface area contributed by atoms with Crippen LogP contribution < -0.4 is 10.1 Å². The summed E-state index contributed by atoms with van der Waals surface area (Å²) in [5.74, 6) is 0.395. The van der Waals surface area contributed by atoms with Gasteiger partial charge in [-0.2, -0.15) is 5.26 Å². The molecule has 3 aromatic rings. The van der Waals surface area contributed by atoms with E-state index in [4.69, 9.17) is 14.7 Å². The predicted octanol–water partition coefficient (Wildman–Crippen LogP) is 5.24. The molecule has 0 spiro atoms. The van der Waals surface area contributed by atoms with Crippen molar-refractivity contribution in [3.63, 3.8) is 0 Å². The quantitative estimate of drug-likeness (QED) is 0.601. The highest BCUT2D eigenvalue weighted by Gasteiger charge is 2.35. The zero-order valence-electron chi connectivity index (χ0n) is 17.6. The molecule has 0 bridgehead atoms. The number of anilines is 1. The number of rotatable bonds is 6. The van der Waals surface area contributed by atoms with Gasteiger partial charge in [0.25, 0.3) is 5.91 Å². The normalized spacial score (nSPS) is 15.3. The van der Waals surface area contributed by atoms with Crippen molar-refractivity contribution in [2.24, 2.45) is 0 Å². The summed E-state index contributed by atoms with van der Waals surface area (Å²) in [6, 6.07) is 24.4. The van der Waals surface area contributed by atoms with Crippen LogP contribution in [-0.4, -0.2) is 19.1 Å². The highest BCUT2D eigenvalue weighted by molar-refractivity contribution is 6.04. The Morgan fingerprint density at radius 1 is 1.10 bits per heavy atom. The molecule has 1 N–H and O–H groups in total. The van der Waals surface area contributed by atoms with Crippen LogP contribution in [0.2, 0.25) is 0 Å². The topological polar surface area (TPSA) is 71.3 Å². The van der Waals surface area contributed by atoms with E-state index < -0.39 is 0 Å². The molecule has 5 nitrogen and oxygen atoms in total. The Kier molecular flexibility index (Phi) is 5.75. The van der Waals surface area contributed by atoms with Crippen LogP contribution in [0.1, 0.15) is 47.0 Å². The first-order valence-corrected chi connectivity index (χ1v) is 10.2. The molecule has 1 unspecified atom stereocenters. The number of nitrogens with one attached hydrogen (secondary N) is 1. The first-order chi connectivity index (χ1) is 15.0. The lowest BCUT2D eigenvalue weighted by Crippen LogP contribution is -2.43. The summed E-state index contributed by atoms with van der Waals surface area (Å²) in [5, 5.41) is 11.7. The minimum Gasteiger partial charge on any atom is -0.486 e. The maximum absolute atomic E-state index is 12.6. The van der Waals surface area contributed by atoms with Crippen LogP contribution in [0.5, 0.6) is 5.75 Å². The number of amides is 1. The second-order valence-electron chi connectivity index (χ2n) is 8.11. The van der Waals surface area contributed by atoms with Crippen molar-refractivity contribution in [3.05, 3.63) is 95.1 Å². The Morgan fingerprint density at radius 2 is 1.81 bits per heavy atom. The van der Waals surface area contributed by atoms with Crippen molar-refractivity contribution in [2.75, 3.05) is 18.5 Å². The van der Waals surface area contributed by atoms with Crippen molar-refractivity contribution >= 4 is 11.6 Å². The molecule has 4 rings (SSSR count). The minimum absolute atomic E-state index is 0.110. The molecule has 0 saturated carbocycles. The van der Waals surface area contributed by atoms with Gasteiger partial charge in [-0.25, -0.2) is 0 Å². The van der Waals surface area contributed by atoms with Gasteiger partial charge < -0.3 is 14.8 Å². The minimum atomic E-state index is -0.233. The average Bonchev–Trinajstić information content (AvgIpc) is 2.78. The highest BCUT2D eigenvalue weighted by Crippen LogP contribution is 2.32. The summed E-state index contributed by atoms with van der Waals surface area (Å²) in [4.78, 5) is 12.6. The summed E-state index contributed by atoms with van der Waals surface area (Å²) in [6.07, 6.45) is -0.156. The number of carbonyl (C=O) groups is 1. The predicted molar refractivity (Wildman–Crippen MR) is 119 cm³/mol. The smallest absolute Gasteiger partial charge is 0.255 e. The fourth-order valence-corrected chi connectivity index (χ4v) is 3.55. The Labute approximate surface area is 182 Å². The molecule has 5 heteroatoms. The van der Waals surface area contributed by atoms with E-state index >= 15 is 0 Å². The lowest BCUT2D eigenvalue weighted by atomic mass is 9.80. The summed E-state index contributed by atoms with van der Waals surface area (Å²) >= 11 is 0. The molecule has 1 saturated heterocycles. The van der Waals surface area contributed by atoms with Gasteiger partial charge in [0.2, 0.25) is 0 Å². The Hall–Kier alpha value is -3.62. The molecule has 1 fully saturated rings. The van der Waals surface area contributed by atoms with Gasteiger partial charge in [0.05, 0.1) is 24.8 Å². The van der Waals surface area contributed by atoms with Crippen LogP contribution in [0.25, 0.3) is 0 Å². The standard InChI is InChI=1S/C26H24N2O3/c1-18(20-8-10-22(11-9-20)26(2)16-30-17-26)31-24-5-3-4-21(14-24)25(29)28-23-12-6-19(15-27)7-13-23/h3-14,18H,16-17H2,1-2H3,(H,28,29). The number of hydrogen-bond acceptors (Lipinski definition) is 4. The number of nitrogens with zero attached hydrogens (tertiary/aromatic N) is 1. The summed E-state index contributed by atoms with van der Waals surface area (Å²) < 4.78 is 11.5. The van der Waals surface area contributed by atoms with Gasteiger partial charge in [-0.15, -0.1) is 0 Å². The third-order valence-corrected chi connectivity index (χ3v) is 5.60. The molecule has 0 aromatic heterocycles. The Morgan fingerprint density at radius 3 is 2.42 bits per heavy atom. The summed E-state index contributed by atoms with van der Waals surface area (Å²) in [6.45, 7) is 5.72. The summed E-state index contributed by atoms with van der Waals surface area (Å²) in [5.41, 5.74) is 4.14. The first-order valence-electron chi connectivity index (χ1n) is 10.2. The number of benzene rings is 3. The van der Waals surface area contributed by atoms with Crippen molar-refractivity contribution in [1.82, 2.24) is 0 Å². The average molecular weight is 412 g/mol. The summed E-state index contributed by atoms with van der Waals surface area (Å²) in [7, 11) is 0. The van der Waals surface area contributed by atoms with Crippen LogP contribution in [0.4, 0.5) is 5.69 Å². The Bertz CT molecular complexity index is 1110. The lowest BCUT2D eigenvalue weighted by molar-refractivity contribution is -0.0500.